The van der Waals surface area contributed by atoms with Crippen LogP contribution >= 0.6 is 0 Å². The molecular weight excluding hydrogens is 164 g/mol. The molecule has 1 unspecified atom stereocenters. The van der Waals surface area contributed by atoms with Gasteiger partial charge in [-0.2, -0.15) is 5.26 Å². The summed E-state index contributed by atoms with van der Waals surface area (Å²) >= 11 is 0. The van der Waals surface area contributed by atoms with Gasteiger partial charge in [-0.1, -0.05) is 30.3 Å². The lowest BCUT2D eigenvalue weighted by Crippen LogP contribution is -2.21. The van der Waals surface area contributed by atoms with Crippen molar-refractivity contribution >= 4 is 0 Å². The fourth-order valence-electron chi connectivity index (χ4n) is 0.929. The summed E-state index contributed by atoms with van der Waals surface area (Å²) in [6, 6.07) is 11.7. The lowest BCUT2D eigenvalue weighted by molar-refractivity contribution is 0.0822. The summed E-state index contributed by atoms with van der Waals surface area (Å²) in [4.78, 5) is 0. The van der Waals surface area contributed by atoms with Crippen LogP contribution in [0.4, 0.5) is 0 Å². The molecule has 0 amide bonds. The maximum atomic E-state index is 8.55. The first-order valence-electron chi connectivity index (χ1n) is 4.12. The van der Waals surface area contributed by atoms with Crippen LogP contribution < -0.4 is 5.73 Å². The van der Waals surface area contributed by atoms with Crippen LogP contribution in [-0.2, 0) is 11.3 Å². The molecule has 1 aromatic rings. The Labute approximate surface area is 77.7 Å². The largest absolute Gasteiger partial charge is 0.357 e. The van der Waals surface area contributed by atoms with Crippen LogP contribution in [0.3, 0.4) is 0 Å². The summed E-state index contributed by atoms with van der Waals surface area (Å²) in [6.07, 6.45) is -0.500. The average Bonchev–Trinajstić information content (AvgIpc) is 2.21. The Bertz CT molecular complexity index is 279. The van der Waals surface area contributed by atoms with Gasteiger partial charge in [0, 0.05) is 6.54 Å². The van der Waals surface area contributed by atoms with Gasteiger partial charge in [0.05, 0.1) is 12.7 Å². The van der Waals surface area contributed by atoms with Crippen molar-refractivity contribution in [1.29, 1.82) is 5.26 Å². The van der Waals surface area contributed by atoms with E-state index in [0.29, 0.717) is 6.61 Å². The van der Waals surface area contributed by atoms with Gasteiger partial charge in [0.1, 0.15) is 0 Å². The maximum Gasteiger partial charge on any atom is 0.156 e. The zero-order chi connectivity index (χ0) is 9.52. The number of hydrogen-bond acceptors (Lipinski definition) is 3. The second kappa shape index (κ2) is 5.31. The first-order valence-corrected chi connectivity index (χ1v) is 4.12. The molecule has 0 bridgehead atoms. The number of hydrogen-bond donors (Lipinski definition) is 1. The molecule has 0 fully saturated rings. The summed E-state index contributed by atoms with van der Waals surface area (Å²) in [5, 5.41) is 8.55. The Morgan fingerprint density at radius 3 is 2.62 bits per heavy atom. The van der Waals surface area contributed by atoms with Crippen LogP contribution in [-0.4, -0.2) is 12.6 Å². The van der Waals surface area contributed by atoms with Gasteiger partial charge in [0.15, 0.2) is 6.10 Å². The third-order valence-electron chi connectivity index (χ3n) is 1.65. The highest BCUT2D eigenvalue weighted by molar-refractivity contribution is 5.13. The van der Waals surface area contributed by atoms with E-state index in [1.165, 1.54) is 0 Å². The van der Waals surface area contributed by atoms with Crippen molar-refractivity contribution in [3.63, 3.8) is 0 Å². The summed E-state index contributed by atoms with van der Waals surface area (Å²) < 4.78 is 5.24. The van der Waals surface area contributed by atoms with Crippen LogP contribution in [0.1, 0.15) is 5.56 Å². The molecule has 68 valence electrons. The highest BCUT2D eigenvalue weighted by Gasteiger charge is 2.03. The van der Waals surface area contributed by atoms with Crippen molar-refractivity contribution in [2.45, 2.75) is 12.7 Å². The summed E-state index contributed by atoms with van der Waals surface area (Å²) in [6.45, 7) is 0.680. The van der Waals surface area contributed by atoms with Crippen molar-refractivity contribution in [3.8, 4) is 6.07 Å². The molecule has 0 aliphatic carbocycles. The molecule has 13 heavy (non-hydrogen) atoms. The topological polar surface area (TPSA) is 59.0 Å². The molecule has 0 spiro atoms. The minimum atomic E-state index is -0.500. The molecule has 1 rings (SSSR count). The van der Waals surface area contributed by atoms with E-state index < -0.39 is 6.10 Å². The highest BCUT2D eigenvalue weighted by atomic mass is 16.5. The predicted octanol–water partition coefficient (Wildman–Crippen LogP) is 1.05. The number of nitrogens with zero attached hydrogens (tertiary/aromatic N) is 1. The van der Waals surface area contributed by atoms with Crippen molar-refractivity contribution in [1.82, 2.24) is 0 Å². The Balaban J connectivity index is 2.40. The lowest BCUT2D eigenvalue weighted by Gasteiger charge is -2.07. The van der Waals surface area contributed by atoms with E-state index in [9.17, 15) is 0 Å². The van der Waals surface area contributed by atoms with Gasteiger partial charge in [0.25, 0.3) is 0 Å². The second-order valence-electron chi connectivity index (χ2n) is 2.65. The normalized spacial score (nSPS) is 12.0. The van der Waals surface area contributed by atoms with Crippen LogP contribution in [0.2, 0.25) is 0 Å². The van der Waals surface area contributed by atoms with E-state index >= 15 is 0 Å². The van der Waals surface area contributed by atoms with Crippen LogP contribution in [0, 0.1) is 11.3 Å². The van der Waals surface area contributed by atoms with Gasteiger partial charge in [0.2, 0.25) is 0 Å². The highest BCUT2D eigenvalue weighted by Crippen LogP contribution is 2.02. The van der Waals surface area contributed by atoms with Gasteiger partial charge in [-0.15, -0.1) is 0 Å². The average molecular weight is 176 g/mol. The molecule has 1 aromatic carbocycles. The summed E-state index contributed by atoms with van der Waals surface area (Å²) in [5.41, 5.74) is 6.35. The van der Waals surface area contributed by atoms with Crippen molar-refractivity contribution in [2.75, 3.05) is 6.54 Å². The van der Waals surface area contributed by atoms with Crippen LogP contribution in [0.5, 0.6) is 0 Å². The molecule has 0 aliphatic rings. The smallest absolute Gasteiger partial charge is 0.156 e. The molecule has 1 atom stereocenters. The van der Waals surface area contributed by atoms with Crippen molar-refractivity contribution < 1.29 is 4.74 Å². The van der Waals surface area contributed by atoms with E-state index in [1.54, 1.807) is 0 Å². The van der Waals surface area contributed by atoms with Gasteiger partial charge in [-0.25, -0.2) is 0 Å². The first kappa shape index (κ1) is 9.72. The monoisotopic (exact) mass is 176 g/mol. The number of benzene rings is 1. The number of nitriles is 1. The number of nitrogens with two attached hydrogens (primary N) is 1. The molecule has 0 radical (unpaired) electrons. The van der Waals surface area contributed by atoms with Gasteiger partial charge in [-0.3, -0.25) is 0 Å². The van der Waals surface area contributed by atoms with E-state index in [0.717, 1.165) is 5.56 Å². The minimum absolute atomic E-state index is 0.239. The Morgan fingerprint density at radius 2 is 2.08 bits per heavy atom. The van der Waals surface area contributed by atoms with E-state index in [1.807, 2.05) is 36.4 Å². The van der Waals surface area contributed by atoms with Gasteiger partial charge >= 0.3 is 0 Å². The zero-order valence-electron chi connectivity index (χ0n) is 7.31. The quantitative estimate of drug-likeness (QED) is 0.746. The van der Waals surface area contributed by atoms with Crippen molar-refractivity contribution in [2.24, 2.45) is 5.73 Å². The Hall–Kier alpha value is -1.37. The van der Waals surface area contributed by atoms with Gasteiger partial charge < -0.3 is 10.5 Å². The first-order chi connectivity index (χ1) is 6.36. The van der Waals surface area contributed by atoms with Gasteiger partial charge in [-0.05, 0) is 5.56 Å². The molecule has 2 N–H and O–H groups in total. The molecule has 0 aliphatic heterocycles. The lowest BCUT2D eigenvalue weighted by atomic mass is 10.2. The van der Waals surface area contributed by atoms with Crippen LogP contribution in [0.25, 0.3) is 0 Å². The molecule has 0 heterocycles. The molecule has 0 saturated carbocycles. The van der Waals surface area contributed by atoms with Crippen LogP contribution in [0.15, 0.2) is 30.3 Å². The summed E-state index contributed by atoms with van der Waals surface area (Å²) in [5.74, 6) is 0. The SMILES string of the molecule is N#CC(CN)OCc1ccccc1. The standard InChI is InChI=1S/C10H12N2O/c11-6-10(7-12)13-8-9-4-2-1-3-5-9/h1-5,10H,6,8,11H2. The third kappa shape index (κ3) is 3.24. The summed E-state index contributed by atoms with van der Waals surface area (Å²) in [7, 11) is 0. The minimum Gasteiger partial charge on any atom is -0.357 e. The Morgan fingerprint density at radius 1 is 1.38 bits per heavy atom. The fourth-order valence-corrected chi connectivity index (χ4v) is 0.929. The molecule has 3 heteroatoms. The molecule has 3 nitrogen and oxygen atoms in total. The molecular formula is C10H12N2O. The number of rotatable bonds is 4. The van der Waals surface area contributed by atoms with E-state index in [2.05, 4.69) is 0 Å². The fraction of sp³-hybridized carbons (Fsp3) is 0.300. The van der Waals surface area contributed by atoms with E-state index in [-0.39, 0.29) is 6.54 Å². The number of ether oxygens (including phenoxy) is 1. The molecule has 0 saturated heterocycles. The van der Waals surface area contributed by atoms with Crippen molar-refractivity contribution in [3.05, 3.63) is 35.9 Å². The predicted molar refractivity (Wildman–Crippen MR) is 49.7 cm³/mol. The second-order valence-corrected chi connectivity index (χ2v) is 2.65. The maximum absolute atomic E-state index is 8.55. The van der Waals surface area contributed by atoms with E-state index in [4.69, 9.17) is 15.7 Å². The molecule has 0 aromatic heterocycles. The Kier molecular flexibility index (Phi) is 3.97. The third-order valence-corrected chi connectivity index (χ3v) is 1.65. The zero-order valence-corrected chi connectivity index (χ0v) is 7.31.